The molecule has 1 N–H and O–H groups in total. The summed E-state index contributed by atoms with van der Waals surface area (Å²) in [7, 11) is 1.67. The lowest BCUT2D eigenvalue weighted by Crippen LogP contribution is -2.09. The third-order valence-corrected chi connectivity index (χ3v) is 3.46. The minimum absolute atomic E-state index is 0.159. The normalized spacial score (nSPS) is 10.5. The van der Waals surface area contributed by atoms with Crippen LogP contribution in [0, 0.1) is 0 Å². The van der Waals surface area contributed by atoms with Gasteiger partial charge in [0.1, 0.15) is 11.5 Å². The molecule has 4 heteroatoms. The number of hydrogen-bond acceptors (Lipinski definition) is 3. The van der Waals surface area contributed by atoms with Gasteiger partial charge in [0.25, 0.3) is 0 Å². The summed E-state index contributed by atoms with van der Waals surface area (Å²) in [6, 6.07) is 14.0. The van der Waals surface area contributed by atoms with Crippen LogP contribution in [0.4, 0.5) is 5.69 Å². The van der Waals surface area contributed by atoms with Crippen molar-refractivity contribution in [1.82, 2.24) is 0 Å². The monoisotopic (exact) mass is 349 g/mol. The summed E-state index contributed by atoms with van der Waals surface area (Å²) in [6.45, 7) is 4.73. The van der Waals surface area contributed by atoms with Gasteiger partial charge < -0.3 is 14.8 Å². The highest BCUT2D eigenvalue weighted by Gasteiger charge is 2.07. The van der Waals surface area contributed by atoms with E-state index in [0.29, 0.717) is 6.54 Å². The van der Waals surface area contributed by atoms with Crippen LogP contribution in [0.3, 0.4) is 0 Å². The van der Waals surface area contributed by atoms with Crippen LogP contribution in [-0.4, -0.2) is 13.2 Å². The van der Waals surface area contributed by atoms with Crippen molar-refractivity contribution >= 4 is 21.6 Å². The Hall–Kier alpha value is -1.68. The fraction of sp³-hybridized carbons (Fsp3) is 0.294. The first-order valence-corrected chi connectivity index (χ1v) is 7.71. The molecule has 0 saturated heterocycles. The number of nitrogens with one attached hydrogen (secondary N) is 1. The highest BCUT2D eigenvalue weighted by Crippen LogP contribution is 2.29. The highest BCUT2D eigenvalue weighted by atomic mass is 79.9. The summed E-state index contributed by atoms with van der Waals surface area (Å²) in [6.07, 6.45) is 0.159. The number of para-hydroxylation sites is 1. The Morgan fingerprint density at radius 2 is 1.86 bits per heavy atom. The Kier molecular flexibility index (Phi) is 5.51. The minimum atomic E-state index is 0.159. The van der Waals surface area contributed by atoms with Crippen LogP contribution < -0.4 is 14.8 Å². The van der Waals surface area contributed by atoms with Crippen LogP contribution in [0.15, 0.2) is 46.9 Å². The minimum Gasteiger partial charge on any atom is -0.495 e. The van der Waals surface area contributed by atoms with Crippen LogP contribution in [-0.2, 0) is 6.54 Å². The molecule has 0 bridgehead atoms. The molecule has 0 saturated carbocycles. The number of halogens is 1. The van der Waals surface area contributed by atoms with E-state index in [0.717, 1.165) is 27.2 Å². The topological polar surface area (TPSA) is 30.5 Å². The molecule has 21 heavy (non-hydrogen) atoms. The molecule has 0 heterocycles. The van der Waals surface area contributed by atoms with Gasteiger partial charge in [-0.15, -0.1) is 0 Å². The van der Waals surface area contributed by atoms with Crippen LogP contribution in [0.1, 0.15) is 19.4 Å². The van der Waals surface area contributed by atoms with E-state index in [1.807, 2.05) is 50.2 Å². The van der Waals surface area contributed by atoms with Gasteiger partial charge in [0.2, 0.25) is 0 Å². The molecule has 0 unspecified atom stereocenters. The van der Waals surface area contributed by atoms with E-state index in [4.69, 9.17) is 9.47 Å². The van der Waals surface area contributed by atoms with E-state index < -0.39 is 0 Å². The predicted molar refractivity (Wildman–Crippen MR) is 90.2 cm³/mol. The zero-order valence-electron chi connectivity index (χ0n) is 12.5. The average Bonchev–Trinajstić information content (AvgIpc) is 2.46. The predicted octanol–water partition coefficient (Wildman–Crippen LogP) is 4.86. The van der Waals surface area contributed by atoms with Gasteiger partial charge in [0, 0.05) is 16.6 Å². The molecule has 2 aromatic rings. The van der Waals surface area contributed by atoms with Gasteiger partial charge in [-0.3, -0.25) is 0 Å². The molecule has 0 spiro atoms. The largest absolute Gasteiger partial charge is 0.495 e. The second-order valence-corrected chi connectivity index (χ2v) is 5.89. The van der Waals surface area contributed by atoms with Gasteiger partial charge in [-0.25, -0.2) is 0 Å². The molecule has 0 radical (unpaired) electrons. The Balaban J connectivity index is 2.15. The molecule has 0 amide bonds. The molecular formula is C17H20BrNO2. The smallest absolute Gasteiger partial charge is 0.142 e. The first kappa shape index (κ1) is 15.7. The summed E-state index contributed by atoms with van der Waals surface area (Å²) in [4.78, 5) is 0. The van der Waals surface area contributed by atoms with Crippen LogP contribution in [0.25, 0.3) is 0 Å². The van der Waals surface area contributed by atoms with Crippen molar-refractivity contribution in [2.75, 3.05) is 12.4 Å². The first-order valence-electron chi connectivity index (χ1n) is 6.92. The van der Waals surface area contributed by atoms with E-state index in [-0.39, 0.29) is 6.10 Å². The zero-order valence-corrected chi connectivity index (χ0v) is 14.1. The van der Waals surface area contributed by atoms with Crippen molar-refractivity contribution in [3.63, 3.8) is 0 Å². The summed E-state index contributed by atoms with van der Waals surface area (Å²) >= 11 is 3.48. The molecule has 0 aliphatic heterocycles. The summed E-state index contributed by atoms with van der Waals surface area (Å²) in [5, 5.41) is 3.40. The second kappa shape index (κ2) is 7.36. The number of hydrogen-bond donors (Lipinski definition) is 1. The molecule has 3 nitrogen and oxygen atoms in total. The molecule has 0 aliphatic rings. The van der Waals surface area contributed by atoms with Crippen LogP contribution in [0.2, 0.25) is 0 Å². The molecule has 0 aromatic heterocycles. The van der Waals surface area contributed by atoms with E-state index in [2.05, 4.69) is 27.3 Å². The first-order chi connectivity index (χ1) is 10.1. The number of rotatable bonds is 6. The van der Waals surface area contributed by atoms with E-state index in [1.165, 1.54) is 0 Å². The fourth-order valence-electron chi connectivity index (χ4n) is 2.03. The maximum absolute atomic E-state index is 5.83. The van der Waals surface area contributed by atoms with Crippen molar-refractivity contribution in [2.24, 2.45) is 0 Å². The van der Waals surface area contributed by atoms with Crippen LogP contribution >= 0.6 is 15.9 Å². The third kappa shape index (κ3) is 4.39. The molecule has 0 atom stereocenters. The molecule has 112 valence electrons. The van der Waals surface area contributed by atoms with Gasteiger partial charge in [-0.2, -0.15) is 0 Å². The molecule has 0 aliphatic carbocycles. The Labute approximate surface area is 134 Å². The Morgan fingerprint density at radius 1 is 1.10 bits per heavy atom. The summed E-state index contributed by atoms with van der Waals surface area (Å²) in [5.74, 6) is 1.73. The molecular weight excluding hydrogens is 330 g/mol. The lowest BCUT2D eigenvalue weighted by Gasteiger charge is -2.16. The van der Waals surface area contributed by atoms with Gasteiger partial charge >= 0.3 is 0 Å². The van der Waals surface area contributed by atoms with E-state index >= 15 is 0 Å². The SMILES string of the molecule is COc1ccc(Br)cc1NCc1ccccc1OC(C)C. The maximum atomic E-state index is 5.83. The number of anilines is 1. The lowest BCUT2D eigenvalue weighted by atomic mass is 10.2. The van der Waals surface area contributed by atoms with E-state index in [9.17, 15) is 0 Å². The van der Waals surface area contributed by atoms with Crippen molar-refractivity contribution in [2.45, 2.75) is 26.5 Å². The van der Waals surface area contributed by atoms with Crippen molar-refractivity contribution in [3.05, 3.63) is 52.5 Å². The second-order valence-electron chi connectivity index (χ2n) is 4.97. The van der Waals surface area contributed by atoms with E-state index in [1.54, 1.807) is 7.11 Å². The standard InChI is InChI=1S/C17H20BrNO2/c1-12(2)21-16-7-5-4-6-13(16)11-19-15-10-14(18)8-9-17(15)20-3/h4-10,12,19H,11H2,1-3H3. The average molecular weight is 350 g/mol. The highest BCUT2D eigenvalue weighted by molar-refractivity contribution is 9.10. The maximum Gasteiger partial charge on any atom is 0.142 e. The van der Waals surface area contributed by atoms with Crippen molar-refractivity contribution in [3.8, 4) is 11.5 Å². The van der Waals surface area contributed by atoms with Crippen molar-refractivity contribution < 1.29 is 9.47 Å². The van der Waals surface area contributed by atoms with Gasteiger partial charge in [0.05, 0.1) is 18.9 Å². The third-order valence-electron chi connectivity index (χ3n) is 2.97. The number of methoxy groups -OCH3 is 1. The fourth-order valence-corrected chi connectivity index (χ4v) is 2.39. The van der Waals surface area contributed by atoms with Crippen LogP contribution in [0.5, 0.6) is 11.5 Å². The van der Waals surface area contributed by atoms with Crippen molar-refractivity contribution in [1.29, 1.82) is 0 Å². The Bertz CT molecular complexity index is 599. The molecule has 2 rings (SSSR count). The summed E-state index contributed by atoms with van der Waals surface area (Å²) in [5.41, 5.74) is 2.07. The number of ether oxygens (including phenoxy) is 2. The zero-order chi connectivity index (χ0) is 15.2. The lowest BCUT2D eigenvalue weighted by molar-refractivity contribution is 0.240. The molecule has 0 fully saturated rings. The van der Waals surface area contributed by atoms with Gasteiger partial charge in [-0.05, 0) is 38.1 Å². The molecule has 2 aromatic carbocycles. The summed E-state index contributed by atoms with van der Waals surface area (Å²) < 4.78 is 12.2. The van der Waals surface area contributed by atoms with Gasteiger partial charge in [0.15, 0.2) is 0 Å². The number of benzene rings is 2. The quantitative estimate of drug-likeness (QED) is 0.807. The Morgan fingerprint density at radius 3 is 2.57 bits per heavy atom. The van der Waals surface area contributed by atoms with Gasteiger partial charge in [-0.1, -0.05) is 34.1 Å².